The minimum Gasteiger partial charge on any atom is -0.454 e. The Morgan fingerprint density at radius 3 is 2.62 bits per heavy atom. The van der Waals surface area contributed by atoms with Crippen molar-refractivity contribution in [2.24, 2.45) is 0 Å². The molecule has 0 radical (unpaired) electrons. The van der Waals surface area contributed by atoms with E-state index in [4.69, 9.17) is 9.15 Å². The van der Waals surface area contributed by atoms with Gasteiger partial charge in [0.2, 0.25) is 5.09 Å². The summed E-state index contributed by atoms with van der Waals surface area (Å²) in [7, 11) is -0.915. The molecule has 0 bridgehead atoms. The molecule has 6 nitrogen and oxygen atoms in total. The lowest BCUT2D eigenvalue weighted by molar-refractivity contribution is -0.139. The van der Waals surface area contributed by atoms with Crippen molar-refractivity contribution in [3.8, 4) is 0 Å². The summed E-state index contributed by atoms with van der Waals surface area (Å²) in [6, 6.07) is 8.67. The van der Waals surface area contributed by atoms with Gasteiger partial charge in [-0.15, -0.1) is 0 Å². The second-order valence-electron chi connectivity index (χ2n) is 4.97. The summed E-state index contributed by atoms with van der Waals surface area (Å²) in [6.07, 6.45) is 2.38. The predicted octanol–water partition coefficient (Wildman–Crippen LogP) is 2.43. The van der Waals surface area contributed by atoms with E-state index in [0.29, 0.717) is 0 Å². The van der Waals surface area contributed by atoms with Crippen LogP contribution in [0.15, 0.2) is 52.0 Å². The fourth-order valence-electron chi connectivity index (χ4n) is 1.71. The zero-order valence-corrected chi connectivity index (χ0v) is 13.9. The molecule has 0 saturated carbocycles. The molecule has 0 saturated heterocycles. The highest BCUT2D eigenvalue weighted by molar-refractivity contribution is 7.88. The number of carbonyl (C=O) groups excluding carboxylic acids is 1. The van der Waals surface area contributed by atoms with E-state index < -0.39 is 21.8 Å². The lowest BCUT2D eigenvalue weighted by Gasteiger charge is -2.07. The average Bonchev–Trinajstić information content (AvgIpc) is 3.01. The highest BCUT2D eigenvalue weighted by Gasteiger charge is 2.21. The van der Waals surface area contributed by atoms with E-state index in [1.165, 1.54) is 44.4 Å². The van der Waals surface area contributed by atoms with Crippen molar-refractivity contribution in [2.45, 2.75) is 11.7 Å². The highest BCUT2D eigenvalue weighted by Crippen LogP contribution is 2.17. The standard InChI is InChI=1S/C16H16FNO5S/c1-18(2)24(20,21)16-10-8-13(23-16)11-22-15(19)9-7-12-5-3-4-6-14(12)17/h3-10H,11H2,1-2H3/b9-7+. The van der Waals surface area contributed by atoms with Crippen LogP contribution in [0.4, 0.5) is 4.39 Å². The van der Waals surface area contributed by atoms with Gasteiger partial charge in [-0.3, -0.25) is 0 Å². The Bertz CT molecular complexity index is 855. The molecule has 0 aliphatic heterocycles. The van der Waals surface area contributed by atoms with E-state index in [9.17, 15) is 17.6 Å². The molecule has 2 aromatic rings. The van der Waals surface area contributed by atoms with Gasteiger partial charge in [-0.1, -0.05) is 18.2 Å². The van der Waals surface area contributed by atoms with Crippen LogP contribution in [0.5, 0.6) is 0 Å². The Hall–Kier alpha value is -2.45. The maximum atomic E-state index is 13.4. The number of nitrogens with zero attached hydrogens (tertiary/aromatic N) is 1. The molecule has 8 heteroatoms. The highest BCUT2D eigenvalue weighted by atomic mass is 32.2. The van der Waals surface area contributed by atoms with Gasteiger partial charge in [0, 0.05) is 25.7 Å². The van der Waals surface area contributed by atoms with E-state index in [1.54, 1.807) is 12.1 Å². The lowest BCUT2D eigenvalue weighted by Crippen LogP contribution is -2.21. The van der Waals surface area contributed by atoms with Crippen molar-refractivity contribution in [1.29, 1.82) is 0 Å². The molecule has 0 amide bonds. The van der Waals surface area contributed by atoms with Gasteiger partial charge in [-0.05, 0) is 24.3 Å². The van der Waals surface area contributed by atoms with Gasteiger partial charge in [0.15, 0.2) is 0 Å². The molecular formula is C16H16FNO5S. The Morgan fingerprint density at radius 2 is 1.96 bits per heavy atom. The first-order valence-corrected chi connectivity index (χ1v) is 8.35. The monoisotopic (exact) mass is 353 g/mol. The molecule has 0 spiro atoms. The van der Waals surface area contributed by atoms with Crippen LogP contribution in [-0.4, -0.2) is 32.8 Å². The Kier molecular flexibility index (Phi) is 5.53. The number of sulfonamides is 1. The van der Waals surface area contributed by atoms with Gasteiger partial charge < -0.3 is 9.15 Å². The number of halogens is 1. The quantitative estimate of drug-likeness (QED) is 0.589. The molecule has 0 unspecified atom stereocenters. The van der Waals surface area contributed by atoms with Gasteiger partial charge in [0.05, 0.1) is 0 Å². The molecule has 0 atom stereocenters. The predicted molar refractivity (Wildman–Crippen MR) is 84.8 cm³/mol. The number of benzene rings is 1. The molecule has 0 N–H and O–H groups in total. The summed E-state index contributed by atoms with van der Waals surface area (Å²) >= 11 is 0. The molecule has 0 aliphatic carbocycles. The second-order valence-corrected chi connectivity index (χ2v) is 7.05. The molecular weight excluding hydrogens is 337 g/mol. The minimum absolute atomic E-state index is 0.183. The molecule has 128 valence electrons. The number of hydrogen-bond acceptors (Lipinski definition) is 5. The van der Waals surface area contributed by atoms with Crippen molar-refractivity contribution in [3.05, 3.63) is 59.6 Å². The van der Waals surface area contributed by atoms with Gasteiger partial charge in [-0.25, -0.2) is 21.9 Å². The van der Waals surface area contributed by atoms with E-state index in [1.807, 2.05) is 0 Å². The molecule has 0 fully saturated rings. The third-order valence-corrected chi connectivity index (χ3v) is 4.72. The van der Waals surface area contributed by atoms with Crippen molar-refractivity contribution >= 4 is 22.1 Å². The first-order chi connectivity index (χ1) is 11.3. The third kappa shape index (κ3) is 4.30. The summed E-state index contributed by atoms with van der Waals surface area (Å²) < 4.78 is 48.2. The normalized spacial score (nSPS) is 12.0. The summed E-state index contributed by atoms with van der Waals surface area (Å²) in [5, 5.41) is -0.236. The molecule has 1 heterocycles. The third-order valence-electron chi connectivity index (χ3n) is 3.03. The molecule has 2 rings (SSSR count). The zero-order chi connectivity index (χ0) is 17.7. The van der Waals surface area contributed by atoms with Crippen LogP contribution in [0, 0.1) is 5.82 Å². The second kappa shape index (κ2) is 7.41. The topological polar surface area (TPSA) is 76.8 Å². The number of hydrogen-bond donors (Lipinski definition) is 0. The van der Waals surface area contributed by atoms with Crippen LogP contribution in [0.1, 0.15) is 11.3 Å². The first-order valence-electron chi connectivity index (χ1n) is 6.91. The van der Waals surface area contributed by atoms with Gasteiger partial charge >= 0.3 is 5.97 Å². The SMILES string of the molecule is CN(C)S(=O)(=O)c1ccc(COC(=O)/C=C/c2ccccc2F)o1. The van der Waals surface area contributed by atoms with Gasteiger partial charge in [-0.2, -0.15) is 0 Å². The Labute approximate surface area is 139 Å². The van der Waals surface area contributed by atoms with Gasteiger partial charge in [0.25, 0.3) is 10.0 Å². The average molecular weight is 353 g/mol. The number of ether oxygens (including phenoxy) is 1. The van der Waals surface area contributed by atoms with E-state index in [0.717, 1.165) is 10.4 Å². The van der Waals surface area contributed by atoms with Crippen LogP contribution in [-0.2, 0) is 26.2 Å². The fraction of sp³-hybridized carbons (Fsp3) is 0.188. The van der Waals surface area contributed by atoms with Gasteiger partial charge in [0.1, 0.15) is 18.2 Å². The van der Waals surface area contributed by atoms with Crippen molar-refractivity contribution in [2.75, 3.05) is 14.1 Å². The Morgan fingerprint density at radius 1 is 1.25 bits per heavy atom. The maximum absolute atomic E-state index is 13.4. The largest absolute Gasteiger partial charge is 0.454 e. The first kappa shape index (κ1) is 17.9. The lowest BCUT2D eigenvalue weighted by atomic mass is 10.2. The van der Waals surface area contributed by atoms with Crippen molar-refractivity contribution < 1.29 is 26.8 Å². The number of carbonyl (C=O) groups is 1. The summed E-state index contributed by atoms with van der Waals surface area (Å²) in [5.41, 5.74) is 0.256. The van der Waals surface area contributed by atoms with Crippen molar-refractivity contribution in [1.82, 2.24) is 4.31 Å². The van der Waals surface area contributed by atoms with E-state index >= 15 is 0 Å². The van der Waals surface area contributed by atoms with Crippen LogP contribution in [0.3, 0.4) is 0 Å². The summed E-state index contributed by atoms with van der Waals surface area (Å²) in [6.45, 7) is -0.233. The molecule has 1 aromatic heterocycles. The van der Waals surface area contributed by atoms with Crippen LogP contribution in [0.25, 0.3) is 6.08 Å². The van der Waals surface area contributed by atoms with E-state index in [-0.39, 0.29) is 23.0 Å². The maximum Gasteiger partial charge on any atom is 0.331 e. The zero-order valence-electron chi connectivity index (χ0n) is 13.1. The number of esters is 1. The van der Waals surface area contributed by atoms with Crippen LogP contribution in [0.2, 0.25) is 0 Å². The van der Waals surface area contributed by atoms with E-state index in [2.05, 4.69) is 0 Å². The molecule has 24 heavy (non-hydrogen) atoms. The fourth-order valence-corrected chi connectivity index (χ4v) is 2.53. The van der Waals surface area contributed by atoms with Crippen LogP contribution >= 0.6 is 0 Å². The Balaban J connectivity index is 1.96. The van der Waals surface area contributed by atoms with Crippen molar-refractivity contribution in [3.63, 3.8) is 0 Å². The summed E-state index contributed by atoms with van der Waals surface area (Å²) in [5.74, 6) is -0.971. The number of rotatable bonds is 6. The number of furan rings is 1. The molecule has 0 aliphatic rings. The minimum atomic E-state index is -3.68. The summed E-state index contributed by atoms with van der Waals surface area (Å²) in [4.78, 5) is 11.6. The van der Waals surface area contributed by atoms with Crippen LogP contribution < -0.4 is 0 Å². The molecule has 1 aromatic carbocycles. The smallest absolute Gasteiger partial charge is 0.331 e.